The predicted octanol–water partition coefficient (Wildman–Crippen LogP) is 2.24. The highest BCUT2D eigenvalue weighted by Gasteiger charge is 2.24. The molecule has 2 atom stereocenters. The molecule has 1 aliphatic rings. The monoisotopic (exact) mass is 345 g/mol. The van der Waals surface area contributed by atoms with Crippen LogP contribution in [0, 0.1) is 0 Å². The minimum absolute atomic E-state index is 0.0758. The van der Waals surface area contributed by atoms with Crippen LogP contribution in [0.15, 0.2) is 30.3 Å². The molecule has 5 nitrogen and oxygen atoms in total. The van der Waals surface area contributed by atoms with E-state index in [1.54, 1.807) is 0 Å². The molecule has 1 aliphatic heterocycles. The van der Waals surface area contributed by atoms with Crippen LogP contribution in [0.2, 0.25) is 0 Å². The molecule has 1 saturated heterocycles. The zero-order valence-electron chi connectivity index (χ0n) is 15.7. The van der Waals surface area contributed by atoms with Crippen LogP contribution in [0.5, 0.6) is 0 Å². The zero-order valence-corrected chi connectivity index (χ0v) is 15.7. The lowest BCUT2D eigenvalue weighted by atomic mass is 9.97. The van der Waals surface area contributed by atoms with Gasteiger partial charge >= 0.3 is 0 Å². The van der Waals surface area contributed by atoms with E-state index in [-0.39, 0.29) is 23.8 Å². The number of nitrogens with zero attached hydrogens (tertiary/aromatic N) is 2. The smallest absolute Gasteiger partial charge is 0.234 e. The summed E-state index contributed by atoms with van der Waals surface area (Å²) >= 11 is 0. The number of nitrogens with one attached hydrogen (secondary N) is 1. The van der Waals surface area contributed by atoms with E-state index in [4.69, 9.17) is 0 Å². The minimum atomic E-state index is 0.0758. The van der Waals surface area contributed by atoms with Gasteiger partial charge in [-0.3, -0.25) is 14.5 Å². The average molecular weight is 345 g/mol. The molecule has 1 N–H and O–H groups in total. The van der Waals surface area contributed by atoms with Crippen LogP contribution in [0.4, 0.5) is 0 Å². The van der Waals surface area contributed by atoms with Crippen LogP contribution in [0.3, 0.4) is 0 Å². The van der Waals surface area contributed by atoms with Crippen molar-refractivity contribution in [2.75, 3.05) is 32.7 Å². The first kappa shape index (κ1) is 19.4. The molecule has 2 unspecified atom stereocenters. The second kappa shape index (κ2) is 9.56. The van der Waals surface area contributed by atoms with Crippen molar-refractivity contribution in [3.63, 3.8) is 0 Å². The predicted molar refractivity (Wildman–Crippen MR) is 100 cm³/mol. The molecule has 1 heterocycles. The first-order chi connectivity index (χ1) is 12.0. The topological polar surface area (TPSA) is 52.7 Å². The molecule has 0 bridgehead atoms. The maximum atomic E-state index is 12.5. The molecular weight excluding hydrogens is 314 g/mol. The Balaban J connectivity index is 1.74. The lowest BCUT2D eigenvalue weighted by Gasteiger charge is -2.35. The van der Waals surface area contributed by atoms with Gasteiger partial charge in [-0.1, -0.05) is 44.2 Å². The molecule has 0 aliphatic carbocycles. The summed E-state index contributed by atoms with van der Waals surface area (Å²) in [7, 11) is 0. The van der Waals surface area contributed by atoms with E-state index >= 15 is 0 Å². The molecule has 25 heavy (non-hydrogen) atoms. The van der Waals surface area contributed by atoms with Crippen molar-refractivity contribution < 1.29 is 9.59 Å². The van der Waals surface area contributed by atoms with Gasteiger partial charge in [0.05, 0.1) is 6.54 Å². The summed E-state index contributed by atoms with van der Waals surface area (Å²) < 4.78 is 0. The summed E-state index contributed by atoms with van der Waals surface area (Å²) in [5, 5.41) is 2.99. The lowest BCUT2D eigenvalue weighted by Crippen LogP contribution is -2.51. The number of hydrogen-bond donors (Lipinski definition) is 1. The van der Waals surface area contributed by atoms with Gasteiger partial charge in [0.1, 0.15) is 0 Å². The molecule has 0 aromatic heterocycles. The van der Waals surface area contributed by atoms with Crippen LogP contribution in [-0.4, -0.2) is 60.4 Å². The summed E-state index contributed by atoms with van der Waals surface area (Å²) in [5.74, 6) is 0.514. The summed E-state index contributed by atoms with van der Waals surface area (Å²) in [6.45, 7) is 9.54. The molecular formula is C20H31N3O2. The third-order valence-electron chi connectivity index (χ3n) is 4.96. The highest BCUT2D eigenvalue weighted by Crippen LogP contribution is 2.20. The second-order valence-corrected chi connectivity index (χ2v) is 7.05. The summed E-state index contributed by atoms with van der Waals surface area (Å²) in [4.78, 5) is 28.5. The maximum Gasteiger partial charge on any atom is 0.234 e. The fraction of sp³-hybridized carbons (Fsp3) is 0.600. The van der Waals surface area contributed by atoms with Crippen LogP contribution in [0.25, 0.3) is 0 Å². The van der Waals surface area contributed by atoms with E-state index in [0.717, 1.165) is 19.5 Å². The van der Waals surface area contributed by atoms with Gasteiger partial charge in [0, 0.05) is 38.6 Å². The standard InChI is InChI=1S/C20H31N3O2/c1-4-17(3)21-19(24)15-22-10-12-23(13-11-22)20(25)14-16(2)18-8-6-5-7-9-18/h5-9,16-17H,4,10-15H2,1-3H3,(H,21,24). The lowest BCUT2D eigenvalue weighted by molar-refractivity contribution is -0.133. The van der Waals surface area contributed by atoms with Gasteiger partial charge < -0.3 is 10.2 Å². The quantitative estimate of drug-likeness (QED) is 0.824. The van der Waals surface area contributed by atoms with Crippen molar-refractivity contribution in [1.29, 1.82) is 0 Å². The van der Waals surface area contributed by atoms with Crippen molar-refractivity contribution in [3.05, 3.63) is 35.9 Å². The van der Waals surface area contributed by atoms with Crippen molar-refractivity contribution in [2.24, 2.45) is 0 Å². The summed E-state index contributed by atoms with van der Waals surface area (Å²) in [6, 6.07) is 10.4. The molecule has 5 heteroatoms. The Labute approximate surface area is 151 Å². The fourth-order valence-corrected chi connectivity index (χ4v) is 3.07. The minimum Gasteiger partial charge on any atom is -0.353 e. The normalized spacial score (nSPS) is 17.8. The van der Waals surface area contributed by atoms with Gasteiger partial charge in [-0.25, -0.2) is 0 Å². The molecule has 0 radical (unpaired) electrons. The van der Waals surface area contributed by atoms with Crippen molar-refractivity contribution in [2.45, 2.75) is 45.6 Å². The van der Waals surface area contributed by atoms with Gasteiger partial charge in [0.15, 0.2) is 0 Å². The zero-order chi connectivity index (χ0) is 18.2. The Morgan fingerprint density at radius 1 is 1.08 bits per heavy atom. The first-order valence-corrected chi connectivity index (χ1v) is 9.34. The molecule has 138 valence electrons. The second-order valence-electron chi connectivity index (χ2n) is 7.05. The molecule has 2 amide bonds. The van der Waals surface area contributed by atoms with E-state index in [1.165, 1.54) is 5.56 Å². The largest absolute Gasteiger partial charge is 0.353 e. The number of rotatable bonds is 7. The van der Waals surface area contributed by atoms with E-state index in [9.17, 15) is 9.59 Å². The number of carbonyl (C=O) groups excluding carboxylic acids is 2. The first-order valence-electron chi connectivity index (χ1n) is 9.34. The molecule has 1 aromatic rings. The number of amides is 2. The van der Waals surface area contributed by atoms with Gasteiger partial charge in [-0.2, -0.15) is 0 Å². The third kappa shape index (κ3) is 6.16. The number of piperazine rings is 1. The molecule has 1 fully saturated rings. The van der Waals surface area contributed by atoms with E-state index in [2.05, 4.69) is 36.2 Å². The Hall–Kier alpha value is -1.88. The van der Waals surface area contributed by atoms with Gasteiger partial charge in [-0.15, -0.1) is 0 Å². The van der Waals surface area contributed by atoms with Crippen molar-refractivity contribution in [1.82, 2.24) is 15.1 Å². The van der Waals surface area contributed by atoms with Gasteiger partial charge in [-0.05, 0) is 24.8 Å². The number of carbonyl (C=O) groups is 2. The van der Waals surface area contributed by atoms with Crippen LogP contribution in [-0.2, 0) is 9.59 Å². The van der Waals surface area contributed by atoms with E-state index in [0.29, 0.717) is 26.1 Å². The molecule has 0 saturated carbocycles. The fourth-order valence-electron chi connectivity index (χ4n) is 3.07. The Bertz CT molecular complexity index is 553. The van der Waals surface area contributed by atoms with Gasteiger partial charge in [0.2, 0.25) is 11.8 Å². The van der Waals surface area contributed by atoms with Crippen molar-refractivity contribution >= 4 is 11.8 Å². The van der Waals surface area contributed by atoms with Crippen molar-refractivity contribution in [3.8, 4) is 0 Å². The Morgan fingerprint density at radius 2 is 1.72 bits per heavy atom. The van der Waals surface area contributed by atoms with Crippen LogP contribution >= 0.6 is 0 Å². The third-order valence-corrected chi connectivity index (χ3v) is 4.96. The molecule has 2 rings (SSSR count). The summed E-state index contributed by atoms with van der Waals surface area (Å²) in [5.41, 5.74) is 1.20. The molecule has 0 spiro atoms. The average Bonchev–Trinajstić information content (AvgIpc) is 2.62. The SMILES string of the molecule is CCC(C)NC(=O)CN1CCN(C(=O)CC(C)c2ccccc2)CC1. The number of benzene rings is 1. The van der Waals surface area contributed by atoms with E-state index in [1.807, 2.05) is 30.0 Å². The Kier molecular flexibility index (Phi) is 7.44. The highest BCUT2D eigenvalue weighted by molar-refractivity contribution is 5.79. The maximum absolute atomic E-state index is 12.5. The van der Waals surface area contributed by atoms with Gasteiger partial charge in [0.25, 0.3) is 0 Å². The van der Waals surface area contributed by atoms with Crippen LogP contribution in [0.1, 0.15) is 45.1 Å². The summed E-state index contributed by atoms with van der Waals surface area (Å²) in [6.07, 6.45) is 1.48. The molecule has 1 aromatic carbocycles. The highest BCUT2D eigenvalue weighted by atomic mass is 16.2. The number of hydrogen-bond acceptors (Lipinski definition) is 3. The Morgan fingerprint density at radius 3 is 2.32 bits per heavy atom. The van der Waals surface area contributed by atoms with E-state index < -0.39 is 0 Å². The van der Waals surface area contributed by atoms with Crippen LogP contribution < -0.4 is 5.32 Å².